The average molecular weight is 334 g/mol. The van der Waals surface area contributed by atoms with E-state index >= 15 is 0 Å². The number of rotatable bonds is 3. The predicted octanol–water partition coefficient (Wildman–Crippen LogP) is 3.33. The zero-order valence-corrected chi connectivity index (χ0v) is 13.0. The molecule has 3 rings (SSSR count). The smallest absolute Gasteiger partial charge is 0.262 e. The Morgan fingerprint density at radius 3 is 2.26 bits per heavy atom. The number of benzene rings is 2. The molecule has 0 saturated heterocycles. The van der Waals surface area contributed by atoms with Gasteiger partial charge in [0.25, 0.3) is 11.8 Å². The molecule has 0 saturated carbocycles. The first-order valence-corrected chi connectivity index (χ1v) is 7.39. The third kappa shape index (κ3) is 2.42. The van der Waals surface area contributed by atoms with E-state index in [1.54, 1.807) is 31.2 Å². The molecule has 2 aromatic carbocycles. The van der Waals surface area contributed by atoms with Gasteiger partial charge in [-0.25, -0.2) is 4.39 Å². The van der Waals surface area contributed by atoms with Gasteiger partial charge >= 0.3 is 0 Å². The zero-order chi connectivity index (χ0) is 16.7. The number of aliphatic hydroxyl groups excluding tert-OH is 1. The minimum Gasteiger partial charge on any atom is -0.392 e. The second-order valence-electron chi connectivity index (χ2n) is 5.32. The molecule has 1 aliphatic rings. The molecule has 0 bridgehead atoms. The van der Waals surface area contributed by atoms with Crippen molar-refractivity contribution in [1.82, 2.24) is 4.90 Å². The Morgan fingerprint density at radius 1 is 1.17 bits per heavy atom. The fourth-order valence-corrected chi connectivity index (χ4v) is 3.13. The molecule has 0 unspecified atom stereocenters. The van der Waals surface area contributed by atoms with E-state index in [4.69, 9.17) is 11.6 Å². The van der Waals surface area contributed by atoms with Gasteiger partial charge in [0.15, 0.2) is 0 Å². The topological polar surface area (TPSA) is 57.6 Å². The largest absolute Gasteiger partial charge is 0.392 e. The van der Waals surface area contributed by atoms with Gasteiger partial charge in [0.2, 0.25) is 0 Å². The normalized spacial score (nSPS) is 15.0. The highest BCUT2D eigenvalue weighted by Gasteiger charge is 2.39. The van der Waals surface area contributed by atoms with Gasteiger partial charge < -0.3 is 5.11 Å². The second-order valence-corrected chi connectivity index (χ2v) is 5.72. The number of nitrogens with zero attached hydrogens (tertiary/aromatic N) is 1. The number of hydrogen-bond donors (Lipinski definition) is 1. The minimum absolute atomic E-state index is 0.0611. The number of carbonyl (C=O) groups excluding carboxylic acids is 2. The van der Waals surface area contributed by atoms with Crippen molar-refractivity contribution in [3.63, 3.8) is 0 Å². The van der Waals surface area contributed by atoms with Crippen molar-refractivity contribution < 1.29 is 19.1 Å². The van der Waals surface area contributed by atoms with Crippen molar-refractivity contribution in [2.24, 2.45) is 0 Å². The third-order valence-corrected chi connectivity index (χ3v) is 4.35. The molecule has 0 aromatic heterocycles. The van der Waals surface area contributed by atoms with E-state index in [9.17, 15) is 19.1 Å². The first-order valence-electron chi connectivity index (χ1n) is 7.01. The maximum absolute atomic E-state index is 13.7. The van der Waals surface area contributed by atoms with Crippen molar-refractivity contribution in [3.05, 3.63) is 69.5 Å². The summed E-state index contributed by atoms with van der Waals surface area (Å²) in [5.41, 5.74) is 1.25. The third-order valence-electron chi connectivity index (χ3n) is 4.02. The molecular formula is C17H13ClFNO3. The van der Waals surface area contributed by atoms with Gasteiger partial charge in [-0.05, 0) is 36.8 Å². The highest BCUT2D eigenvalue weighted by atomic mass is 35.5. The summed E-state index contributed by atoms with van der Waals surface area (Å²) >= 11 is 5.96. The van der Waals surface area contributed by atoms with E-state index in [1.165, 1.54) is 6.07 Å². The first-order chi connectivity index (χ1) is 11.0. The molecule has 0 spiro atoms. The van der Waals surface area contributed by atoms with Crippen LogP contribution < -0.4 is 0 Å². The monoisotopic (exact) mass is 333 g/mol. The summed E-state index contributed by atoms with van der Waals surface area (Å²) in [6.45, 7) is 1.19. The van der Waals surface area contributed by atoms with Crippen LogP contribution in [0.25, 0.3) is 0 Å². The first kappa shape index (κ1) is 15.6. The van der Waals surface area contributed by atoms with E-state index in [0.29, 0.717) is 22.3 Å². The van der Waals surface area contributed by atoms with Crippen LogP contribution >= 0.6 is 11.6 Å². The molecular weight excluding hydrogens is 321 g/mol. The van der Waals surface area contributed by atoms with Crippen molar-refractivity contribution in [1.29, 1.82) is 0 Å². The molecule has 6 heteroatoms. The fraction of sp³-hybridized carbons (Fsp3) is 0.176. The summed E-state index contributed by atoms with van der Waals surface area (Å²) in [4.78, 5) is 26.1. The van der Waals surface area contributed by atoms with Gasteiger partial charge in [-0.1, -0.05) is 23.7 Å². The van der Waals surface area contributed by atoms with Crippen LogP contribution in [0, 0.1) is 5.82 Å². The summed E-state index contributed by atoms with van der Waals surface area (Å²) in [5.74, 6) is -1.48. The number of carbonyl (C=O) groups is 2. The maximum atomic E-state index is 13.7. The molecule has 0 aliphatic carbocycles. The van der Waals surface area contributed by atoms with Crippen molar-refractivity contribution in [3.8, 4) is 0 Å². The summed E-state index contributed by atoms with van der Waals surface area (Å²) in [5, 5.41) is 9.55. The van der Waals surface area contributed by atoms with Gasteiger partial charge in [-0.15, -0.1) is 0 Å². The number of halogens is 2. The highest BCUT2D eigenvalue weighted by molar-refractivity contribution is 6.31. The summed E-state index contributed by atoms with van der Waals surface area (Å²) in [7, 11) is 0. The molecule has 4 nitrogen and oxygen atoms in total. The summed E-state index contributed by atoms with van der Waals surface area (Å²) < 4.78 is 13.7. The Hall–Kier alpha value is -2.24. The number of hydrogen-bond acceptors (Lipinski definition) is 3. The Kier molecular flexibility index (Phi) is 3.92. The summed E-state index contributed by atoms with van der Waals surface area (Å²) in [6, 6.07) is 8.03. The molecule has 0 fully saturated rings. The highest BCUT2D eigenvalue weighted by Crippen LogP contribution is 2.35. The Morgan fingerprint density at radius 2 is 1.74 bits per heavy atom. The molecule has 1 aliphatic heterocycles. The van der Waals surface area contributed by atoms with Crippen LogP contribution in [-0.4, -0.2) is 21.8 Å². The molecule has 2 amide bonds. The van der Waals surface area contributed by atoms with Crippen LogP contribution in [0.4, 0.5) is 4.39 Å². The lowest BCUT2D eigenvalue weighted by molar-refractivity contribution is 0.0593. The van der Waals surface area contributed by atoms with Crippen molar-refractivity contribution in [2.45, 2.75) is 19.6 Å². The zero-order valence-electron chi connectivity index (χ0n) is 12.2. The van der Waals surface area contributed by atoms with Crippen molar-refractivity contribution >= 4 is 23.4 Å². The minimum atomic E-state index is -0.752. The quantitative estimate of drug-likeness (QED) is 0.876. The average Bonchev–Trinajstić information content (AvgIpc) is 2.78. The van der Waals surface area contributed by atoms with E-state index < -0.39 is 30.3 Å². The lowest BCUT2D eigenvalue weighted by Crippen LogP contribution is -2.33. The van der Waals surface area contributed by atoms with Crippen LogP contribution in [0.1, 0.15) is 44.8 Å². The molecule has 2 aromatic rings. The second kappa shape index (κ2) is 5.76. The fourth-order valence-electron chi connectivity index (χ4n) is 2.86. The molecule has 0 radical (unpaired) electrons. The van der Waals surface area contributed by atoms with Gasteiger partial charge in [0.1, 0.15) is 5.82 Å². The van der Waals surface area contributed by atoms with Crippen LogP contribution in [0.5, 0.6) is 0 Å². The van der Waals surface area contributed by atoms with Gasteiger partial charge in [-0.3, -0.25) is 14.5 Å². The SMILES string of the molecule is C[C@@H](c1cc(F)cc(Cl)c1CO)N1C(=O)c2ccccc2C1=O. The van der Waals surface area contributed by atoms with E-state index in [-0.39, 0.29) is 5.02 Å². The lowest BCUT2D eigenvalue weighted by atomic mass is 10.00. The van der Waals surface area contributed by atoms with Gasteiger partial charge in [0.05, 0.1) is 23.8 Å². The maximum Gasteiger partial charge on any atom is 0.262 e. The summed E-state index contributed by atoms with van der Waals surface area (Å²) in [6.07, 6.45) is 0. The Bertz CT molecular complexity index is 786. The van der Waals surface area contributed by atoms with Gasteiger partial charge in [0, 0.05) is 10.6 Å². The van der Waals surface area contributed by atoms with E-state index in [0.717, 1.165) is 11.0 Å². The van der Waals surface area contributed by atoms with Crippen molar-refractivity contribution in [2.75, 3.05) is 0 Å². The van der Waals surface area contributed by atoms with E-state index in [1.807, 2.05) is 0 Å². The lowest BCUT2D eigenvalue weighted by Gasteiger charge is -2.25. The number of amides is 2. The predicted molar refractivity (Wildman–Crippen MR) is 82.7 cm³/mol. The van der Waals surface area contributed by atoms with E-state index in [2.05, 4.69) is 0 Å². The molecule has 118 valence electrons. The number of imide groups is 1. The van der Waals surface area contributed by atoms with Crippen LogP contribution in [0.3, 0.4) is 0 Å². The molecule has 1 heterocycles. The Labute approximate surface area is 137 Å². The number of fused-ring (bicyclic) bond motifs is 1. The number of aliphatic hydroxyl groups is 1. The van der Waals surface area contributed by atoms with Gasteiger partial charge in [-0.2, -0.15) is 0 Å². The Balaban J connectivity index is 2.08. The molecule has 23 heavy (non-hydrogen) atoms. The molecule has 1 N–H and O–H groups in total. The standard InChI is InChI=1S/C17H13ClFNO3/c1-9(13-6-10(19)7-15(18)14(13)8-21)20-16(22)11-4-2-3-5-12(11)17(20)23/h2-7,9,21H,8H2,1H3/t9-/m0/s1. The van der Waals surface area contributed by atoms with Crippen LogP contribution in [0.15, 0.2) is 36.4 Å². The van der Waals surface area contributed by atoms with Crippen LogP contribution in [0.2, 0.25) is 5.02 Å². The van der Waals surface area contributed by atoms with Crippen LogP contribution in [-0.2, 0) is 6.61 Å². The molecule has 1 atom stereocenters.